The molecule has 1 aliphatic rings. The van der Waals surface area contributed by atoms with E-state index in [2.05, 4.69) is 11.6 Å². The van der Waals surface area contributed by atoms with Crippen LogP contribution in [0.1, 0.15) is 29.6 Å². The molecule has 0 aliphatic heterocycles. The summed E-state index contributed by atoms with van der Waals surface area (Å²) in [5.41, 5.74) is -0.339. The van der Waals surface area contributed by atoms with Crippen LogP contribution in [-0.4, -0.2) is 33.5 Å². The number of benzene rings is 1. The van der Waals surface area contributed by atoms with Gasteiger partial charge in [0.2, 0.25) is 0 Å². The van der Waals surface area contributed by atoms with Crippen LogP contribution in [0.3, 0.4) is 0 Å². The van der Waals surface area contributed by atoms with Crippen molar-refractivity contribution in [3.63, 3.8) is 0 Å². The molecular weight excluding hydrogens is 280 g/mol. The molecule has 1 fully saturated rings. The number of nitro benzene ring substituents is 1. The van der Waals surface area contributed by atoms with Crippen molar-refractivity contribution in [1.82, 2.24) is 0 Å². The maximum absolute atomic E-state index is 11.1. The Morgan fingerprint density at radius 1 is 1.50 bits per heavy atom. The second-order valence-corrected chi connectivity index (χ2v) is 5.91. The molecular formula is C13H16N2O4S. The maximum Gasteiger partial charge on any atom is 0.342 e. The first-order valence-electron chi connectivity index (χ1n) is 6.33. The summed E-state index contributed by atoms with van der Waals surface area (Å²) in [6, 6.07) is 4.51. The van der Waals surface area contributed by atoms with Gasteiger partial charge in [-0.15, -0.1) is 0 Å². The van der Waals surface area contributed by atoms with Crippen LogP contribution in [0.4, 0.5) is 11.4 Å². The van der Waals surface area contributed by atoms with Gasteiger partial charge < -0.3 is 10.4 Å². The number of carboxylic acids is 1. The lowest BCUT2D eigenvalue weighted by Gasteiger charge is -2.15. The highest BCUT2D eigenvalue weighted by molar-refractivity contribution is 7.99. The van der Waals surface area contributed by atoms with E-state index in [0.717, 1.165) is 19.3 Å². The Morgan fingerprint density at radius 2 is 2.25 bits per heavy atom. The first kappa shape index (κ1) is 14.6. The molecule has 0 radical (unpaired) electrons. The average Bonchev–Trinajstić information content (AvgIpc) is 2.85. The van der Waals surface area contributed by atoms with E-state index in [0.29, 0.717) is 10.9 Å². The zero-order chi connectivity index (χ0) is 14.7. The number of aromatic carboxylic acids is 1. The van der Waals surface area contributed by atoms with E-state index in [9.17, 15) is 14.9 Å². The zero-order valence-electron chi connectivity index (χ0n) is 11.0. The van der Waals surface area contributed by atoms with E-state index in [1.165, 1.54) is 12.1 Å². The van der Waals surface area contributed by atoms with Crippen molar-refractivity contribution >= 4 is 29.1 Å². The van der Waals surface area contributed by atoms with E-state index in [1.54, 1.807) is 17.8 Å². The quantitative estimate of drug-likeness (QED) is 0.641. The van der Waals surface area contributed by atoms with Crippen molar-refractivity contribution in [3.8, 4) is 0 Å². The summed E-state index contributed by atoms with van der Waals surface area (Å²) < 4.78 is 0. The van der Waals surface area contributed by atoms with Crippen LogP contribution in [0.15, 0.2) is 18.2 Å². The molecule has 2 unspecified atom stereocenters. The van der Waals surface area contributed by atoms with Crippen LogP contribution in [0, 0.1) is 10.1 Å². The molecule has 0 saturated heterocycles. The maximum atomic E-state index is 11.1. The molecule has 0 aromatic heterocycles. The molecule has 2 atom stereocenters. The third kappa shape index (κ3) is 3.04. The molecule has 0 amide bonds. The number of hydrogen-bond donors (Lipinski definition) is 2. The number of thioether (sulfide) groups is 1. The van der Waals surface area contributed by atoms with Gasteiger partial charge in [0.15, 0.2) is 0 Å². The van der Waals surface area contributed by atoms with Gasteiger partial charge in [-0.05, 0) is 37.7 Å². The van der Waals surface area contributed by atoms with E-state index < -0.39 is 10.9 Å². The zero-order valence-corrected chi connectivity index (χ0v) is 11.9. The Morgan fingerprint density at radius 3 is 2.80 bits per heavy atom. The Kier molecular flexibility index (Phi) is 4.49. The Labute approximate surface area is 120 Å². The highest BCUT2D eigenvalue weighted by Gasteiger charge is 2.28. The van der Waals surface area contributed by atoms with Gasteiger partial charge >= 0.3 is 11.7 Å². The lowest BCUT2D eigenvalue weighted by molar-refractivity contribution is -0.384. The van der Waals surface area contributed by atoms with Crippen molar-refractivity contribution in [3.05, 3.63) is 33.9 Å². The van der Waals surface area contributed by atoms with Crippen LogP contribution in [0.25, 0.3) is 0 Å². The van der Waals surface area contributed by atoms with E-state index >= 15 is 0 Å². The fourth-order valence-electron chi connectivity index (χ4n) is 2.53. The topological polar surface area (TPSA) is 92.5 Å². The minimum Gasteiger partial charge on any atom is -0.477 e. The highest BCUT2D eigenvalue weighted by Crippen LogP contribution is 2.34. The van der Waals surface area contributed by atoms with Crippen LogP contribution >= 0.6 is 11.8 Å². The standard InChI is InChI=1S/C13H16N2O4S/c1-20-9-6-5-8(7-9)14-11-4-2-3-10(13(16)17)12(11)15(18)19/h2-4,8-9,14H,5-7H2,1H3,(H,16,17). The van der Waals surface area contributed by atoms with Gasteiger partial charge in [-0.25, -0.2) is 4.79 Å². The number of nitrogens with zero attached hydrogens (tertiary/aromatic N) is 1. The fourth-order valence-corrected chi connectivity index (χ4v) is 3.33. The largest absolute Gasteiger partial charge is 0.477 e. The molecule has 7 heteroatoms. The molecule has 1 aromatic rings. The van der Waals surface area contributed by atoms with Crippen LogP contribution < -0.4 is 5.32 Å². The molecule has 0 heterocycles. The van der Waals surface area contributed by atoms with Crippen molar-refractivity contribution in [2.45, 2.75) is 30.6 Å². The summed E-state index contributed by atoms with van der Waals surface area (Å²) in [5.74, 6) is -1.28. The summed E-state index contributed by atoms with van der Waals surface area (Å²) >= 11 is 1.80. The molecule has 1 aliphatic carbocycles. The Hall–Kier alpha value is -1.76. The van der Waals surface area contributed by atoms with Gasteiger partial charge in [-0.1, -0.05) is 6.07 Å². The van der Waals surface area contributed by atoms with Crippen molar-refractivity contribution in [2.24, 2.45) is 0 Å². The number of hydrogen-bond acceptors (Lipinski definition) is 5. The Bertz CT molecular complexity index is 535. The van der Waals surface area contributed by atoms with E-state index in [-0.39, 0.29) is 17.3 Å². The number of carboxylic acid groups (broad SMARTS) is 1. The molecule has 1 saturated carbocycles. The number of para-hydroxylation sites is 1. The minimum absolute atomic E-state index is 0.162. The van der Waals surface area contributed by atoms with Crippen LogP contribution in [0.2, 0.25) is 0 Å². The summed E-state index contributed by atoms with van der Waals surface area (Å²) in [6.07, 6.45) is 5.02. The second-order valence-electron chi connectivity index (χ2n) is 4.78. The fraction of sp³-hybridized carbons (Fsp3) is 0.462. The molecule has 0 bridgehead atoms. The monoisotopic (exact) mass is 296 g/mol. The average molecular weight is 296 g/mol. The van der Waals surface area contributed by atoms with Gasteiger partial charge in [-0.3, -0.25) is 10.1 Å². The van der Waals surface area contributed by atoms with Gasteiger partial charge in [-0.2, -0.15) is 11.8 Å². The second kappa shape index (κ2) is 6.13. The van der Waals surface area contributed by atoms with E-state index in [1.807, 2.05) is 0 Å². The number of rotatable bonds is 5. The lowest BCUT2D eigenvalue weighted by Crippen LogP contribution is -2.17. The third-order valence-corrected chi connectivity index (χ3v) is 4.62. The molecule has 1 aromatic carbocycles. The van der Waals surface area contributed by atoms with Crippen LogP contribution in [0.5, 0.6) is 0 Å². The third-order valence-electron chi connectivity index (χ3n) is 3.53. The van der Waals surface area contributed by atoms with Gasteiger partial charge in [0, 0.05) is 11.3 Å². The first-order chi connectivity index (χ1) is 9.52. The number of carbonyl (C=O) groups is 1. The number of nitro groups is 1. The smallest absolute Gasteiger partial charge is 0.342 e. The molecule has 2 N–H and O–H groups in total. The predicted molar refractivity (Wildman–Crippen MR) is 78.6 cm³/mol. The van der Waals surface area contributed by atoms with Gasteiger partial charge in [0.25, 0.3) is 0 Å². The molecule has 108 valence electrons. The number of anilines is 1. The SMILES string of the molecule is CSC1CCC(Nc2cccc(C(=O)O)c2[N+](=O)[O-])C1. The summed E-state index contributed by atoms with van der Waals surface area (Å²) in [6.45, 7) is 0. The Balaban J connectivity index is 2.25. The minimum atomic E-state index is -1.28. The summed E-state index contributed by atoms with van der Waals surface area (Å²) in [5, 5.41) is 23.9. The van der Waals surface area contributed by atoms with Gasteiger partial charge in [0.05, 0.1) is 4.92 Å². The van der Waals surface area contributed by atoms with Crippen molar-refractivity contribution < 1.29 is 14.8 Å². The summed E-state index contributed by atoms with van der Waals surface area (Å²) in [7, 11) is 0. The predicted octanol–water partition coefficient (Wildman–Crippen LogP) is 2.99. The normalized spacial score (nSPS) is 21.6. The number of nitrogens with one attached hydrogen (secondary N) is 1. The molecule has 0 spiro atoms. The van der Waals surface area contributed by atoms with Crippen molar-refractivity contribution in [1.29, 1.82) is 0 Å². The summed E-state index contributed by atoms with van der Waals surface area (Å²) in [4.78, 5) is 21.6. The molecule has 2 rings (SSSR count). The molecule has 20 heavy (non-hydrogen) atoms. The van der Waals surface area contributed by atoms with Crippen molar-refractivity contribution in [2.75, 3.05) is 11.6 Å². The first-order valence-corrected chi connectivity index (χ1v) is 7.61. The van der Waals surface area contributed by atoms with Gasteiger partial charge in [0.1, 0.15) is 11.3 Å². The highest BCUT2D eigenvalue weighted by atomic mass is 32.2. The van der Waals surface area contributed by atoms with Crippen LogP contribution in [-0.2, 0) is 0 Å². The lowest BCUT2D eigenvalue weighted by atomic mass is 10.1. The molecule has 6 nitrogen and oxygen atoms in total. The van der Waals surface area contributed by atoms with E-state index in [4.69, 9.17) is 5.11 Å².